The molecule has 9 rings (SSSR count). The molecular formula is C38H20N4S. The SMILES string of the molecule is N#Cc1cc(-n2c3ccccc3c3cc(-n4c5ccccc5c5cccc(C#N)c54)ccc32)c2sc3ccccc3c2c1. The molecule has 0 amide bonds. The van der Waals surface area contributed by atoms with Crippen LogP contribution in [-0.2, 0) is 0 Å². The van der Waals surface area contributed by atoms with Crippen molar-refractivity contribution in [2.24, 2.45) is 0 Å². The molecule has 6 aromatic carbocycles. The fraction of sp³-hybridized carbons (Fsp3) is 0. The highest BCUT2D eigenvalue weighted by Gasteiger charge is 2.20. The Labute approximate surface area is 250 Å². The van der Waals surface area contributed by atoms with E-state index in [-0.39, 0.29) is 0 Å². The van der Waals surface area contributed by atoms with Crippen molar-refractivity contribution in [2.45, 2.75) is 0 Å². The molecule has 0 aliphatic rings. The highest BCUT2D eigenvalue weighted by Crippen LogP contribution is 2.42. The van der Waals surface area contributed by atoms with Crippen molar-refractivity contribution in [2.75, 3.05) is 0 Å². The van der Waals surface area contributed by atoms with E-state index < -0.39 is 0 Å². The maximum Gasteiger partial charge on any atom is 0.101 e. The second kappa shape index (κ2) is 8.81. The van der Waals surface area contributed by atoms with Gasteiger partial charge in [-0.25, -0.2) is 0 Å². The van der Waals surface area contributed by atoms with Gasteiger partial charge in [0.25, 0.3) is 0 Å². The van der Waals surface area contributed by atoms with E-state index >= 15 is 0 Å². The third-order valence-corrected chi connectivity index (χ3v) is 9.77. The number of aromatic nitrogens is 2. The van der Waals surface area contributed by atoms with Gasteiger partial charge in [-0.1, -0.05) is 66.7 Å². The summed E-state index contributed by atoms with van der Waals surface area (Å²) in [5, 5.41) is 26.8. The Morgan fingerprint density at radius 2 is 1.19 bits per heavy atom. The summed E-state index contributed by atoms with van der Waals surface area (Å²) >= 11 is 1.77. The van der Waals surface area contributed by atoms with Crippen molar-refractivity contribution in [3.05, 3.63) is 132 Å². The van der Waals surface area contributed by atoms with E-state index in [0.717, 1.165) is 65.1 Å². The molecule has 0 atom stereocenters. The quantitative estimate of drug-likeness (QED) is 0.210. The number of nitrogens with zero attached hydrogens (tertiary/aromatic N) is 4. The third kappa shape index (κ3) is 3.23. The highest BCUT2D eigenvalue weighted by molar-refractivity contribution is 7.26. The van der Waals surface area contributed by atoms with Gasteiger partial charge in [-0.2, -0.15) is 10.5 Å². The predicted octanol–water partition coefficient (Wildman–Crippen LogP) is 9.99. The predicted molar refractivity (Wildman–Crippen MR) is 177 cm³/mol. The molecule has 0 fully saturated rings. The largest absolute Gasteiger partial charge is 0.308 e. The van der Waals surface area contributed by atoms with Gasteiger partial charge >= 0.3 is 0 Å². The molecule has 0 spiro atoms. The minimum absolute atomic E-state index is 0.642. The zero-order valence-electron chi connectivity index (χ0n) is 22.7. The number of benzene rings is 6. The van der Waals surface area contributed by atoms with Crippen LogP contribution in [-0.4, -0.2) is 9.13 Å². The average molecular weight is 565 g/mol. The molecule has 3 aromatic heterocycles. The lowest BCUT2D eigenvalue weighted by atomic mass is 10.1. The number of hydrogen-bond acceptors (Lipinski definition) is 3. The fourth-order valence-corrected chi connectivity index (χ4v) is 7.96. The molecule has 5 heteroatoms. The van der Waals surface area contributed by atoms with Crippen LogP contribution in [0.2, 0.25) is 0 Å². The van der Waals surface area contributed by atoms with Crippen LogP contribution in [0.3, 0.4) is 0 Å². The van der Waals surface area contributed by atoms with Gasteiger partial charge in [-0.05, 0) is 54.6 Å². The van der Waals surface area contributed by atoms with Crippen molar-refractivity contribution >= 4 is 75.1 Å². The van der Waals surface area contributed by atoms with E-state index in [4.69, 9.17) is 0 Å². The first-order valence-corrected chi connectivity index (χ1v) is 14.9. The van der Waals surface area contributed by atoms with Crippen LogP contribution in [0.15, 0.2) is 121 Å². The van der Waals surface area contributed by atoms with Crippen molar-refractivity contribution in [3.63, 3.8) is 0 Å². The Balaban J connectivity index is 1.40. The summed E-state index contributed by atoms with van der Waals surface area (Å²) in [4.78, 5) is 0. The fourth-order valence-electron chi connectivity index (χ4n) is 6.78. The maximum atomic E-state index is 10.1. The number of nitriles is 2. The number of rotatable bonds is 2. The van der Waals surface area contributed by atoms with E-state index in [1.54, 1.807) is 11.3 Å². The normalized spacial score (nSPS) is 11.7. The van der Waals surface area contributed by atoms with Crippen LogP contribution < -0.4 is 0 Å². The monoisotopic (exact) mass is 564 g/mol. The van der Waals surface area contributed by atoms with E-state index in [9.17, 15) is 10.5 Å². The smallest absolute Gasteiger partial charge is 0.101 e. The third-order valence-electron chi connectivity index (χ3n) is 8.56. The Hall–Kier alpha value is -5.88. The topological polar surface area (TPSA) is 57.4 Å². The average Bonchev–Trinajstić information content (AvgIpc) is 3.72. The molecule has 4 nitrogen and oxygen atoms in total. The van der Waals surface area contributed by atoms with Gasteiger partial charge in [0.2, 0.25) is 0 Å². The number of hydrogen-bond donors (Lipinski definition) is 0. The zero-order valence-corrected chi connectivity index (χ0v) is 23.6. The Morgan fingerprint density at radius 3 is 1.98 bits per heavy atom. The van der Waals surface area contributed by atoms with Gasteiger partial charge in [0.1, 0.15) is 6.07 Å². The minimum atomic E-state index is 0.642. The van der Waals surface area contributed by atoms with Gasteiger partial charge in [0.15, 0.2) is 0 Å². The summed E-state index contributed by atoms with van der Waals surface area (Å²) in [5.41, 5.74) is 7.45. The molecule has 0 aliphatic carbocycles. The molecular weight excluding hydrogens is 545 g/mol. The molecule has 0 N–H and O–H groups in total. The second-order valence-electron chi connectivity index (χ2n) is 10.8. The van der Waals surface area contributed by atoms with Crippen LogP contribution in [0.4, 0.5) is 0 Å². The minimum Gasteiger partial charge on any atom is -0.308 e. The number of thiophene rings is 1. The number of para-hydroxylation sites is 3. The maximum absolute atomic E-state index is 10.1. The summed E-state index contributed by atoms with van der Waals surface area (Å²) < 4.78 is 6.89. The van der Waals surface area contributed by atoms with E-state index in [1.807, 2.05) is 36.4 Å². The Kier molecular flexibility index (Phi) is 4.87. The van der Waals surface area contributed by atoms with Crippen molar-refractivity contribution in [1.29, 1.82) is 10.5 Å². The van der Waals surface area contributed by atoms with Crippen molar-refractivity contribution < 1.29 is 0 Å². The lowest BCUT2D eigenvalue weighted by Crippen LogP contribution is -1.97. The molecule has 3 heterocycles. The van der Waals surface area contributed by atoms with E-state index in [2.05, 4.69) is 106 Å². The van der Waals surface area contributed by atoms with Gasteiger partial charge in [-0.3, -0.25) is 0 Å². The van der Waals surface area contributed by atoms with E-state index in [0.29, 0.717) is 11.1 Å². The number of fused-ring (bicyclic) bond motifs is 9. The first-order chi connectivity index (χ1) is 21.2. The molecule has 198 valence electrons. The van der Waals surface area contributed by atoms with Gasteiger partial charge in [-0.15, -0.1) is 11.3 Å². The van der Waals surface area contributed by atoms with E-state index in [1.165, 1.54) is 10.1 Å². The molecule has 0 saturated carbocycles. The summed E-state index contributed by atoms with van der Waals surface area (Å²) in [6.07, 6.45) is 0. The van der Waals surface area contributed by atoms with Crippen LogP contribution in [0.1, 0.15) is 11.1 Å². The summed E-state index contributed by atoms with van der Waals surface area (Å²) in [6.45, 7) is 0. The highest BCUT2D eigenvalue weighted by atomic mass is 32.1. The molecule has 0 radical (unpaired) electrons. The van der Waals surface area contributed by atoms with Crippen LogP contribution in [0.25, 0.3) is 75.2 Å². The summed E-state index contributed by atoms with van der Waals surface area (Å²) in [5.74, 6) is 0. The lowest BCUT2D eigenvalue weighted by molar-refractivity contribution is 1.17. The first kappa shape index (κ1) is 23.8. The van der Waals surface area contributed by atoms with Crippen LogP contribution in [0.5, 0.6) is 0 Å². The van der Waals surface area contributed by atoms with Gasteiger partial charge in [0.05, 0.1) is 49.7 Å². The first-order valence-electron chi connectivity index (χ1n) is 14.1. The molecule has 43 heavy (non-hydrogen) atoms. The molecule has 0 aliphatic heterocycles. The van der Waals surface area contributed by atoms with Gasteiger partial charge in [0, 0.05) is 42.7 Å². The molecule has 0 saturated heterocycles. The zero-order chi connectivity index (χ0) is 28.7. The second-order valence-corrected chi connectivity index (χ2v) is 11.9. The Bertz CT molecular complexity index is 2710. The molecule has 0 unspecified atom stereocenters. The summed E-state index contributed by atoms with van der Waals surface area (Å²) in [6, 6.07) is 46.6. The van der Waals surface area contributed by atoms with Crippen molar-refractivity contribution in [3.8, 4) is 23.5 Å². The lowest BCUT2D eigenvalue weighted by Gasteiger charge is -2.12. The molecule has 0 bridgehead atoms. The standard InChI is InChI=1S/C38H20N4S/c39-21-23-18-31-28-11-3-6-15-36(28)43-38(31)35(19-23)42-33-14-5-2-10-27(33)30-20-25(16-17-34(30)42)41-32-13-4-1-9-26(32)29-12-7-8-24(22-40)37(29)41/h1-20H. The van der Waals surface area contributed by atoms with Gasteiger partial charge < -0.3 is 9.13 Å². The Morgan fingerprint density at radius 1 is 0.512 bits per heavy atom. The molecule has 9 aromatic rings. The van der Waals surface area contributed by atoms with Crippen LogP contribution in [0, 0.1) is 22.7 Å². The van der Waals surface area contributed by atoms with Crippen LogP contribution >= 0.6 is 11.3 Å². The summed E-state index contributed by atoms with van der Waals surface area (Å²) in [7, 11) is 0. The van der Waals surface area contributed by atoms with Crippen molar-refractivity contribution in [1.82, 2.24) is 9.13 Å².